The fourth-order valence-electron chi connectivity index (χ4n) is 5.16. The molecular weight excluding hydrogens is 643 g/mol. The van der Waals surface area contributed by atoms with Crippen LogP contribution in [0.5, 0.6) is 5.75 Å². The Morgan fingerprint density at radius 2 is 1.80 bits per heavy atom. The molecule has 1 fully saturated rings. The van der Waals surface area contributed by atoms with Crippen molar-refractivity contribution in [2.75, 3.05) is 39.5 Å². The SMILES string of the molecule is CC(C)(c1ccc(Cl)c(OCCCN2CCOCC2)c1)c1cnc(SCc2c(F)cc(C(=O)O)cc2Cl)n1-c1ccc(F)cc1. The zero-order valence-electron chi connectivity index (χ0n) is 24.9. The molecule has 5 rings (SSSR count). The number of thioether (sulfide) groups is 1. The molecule has 3 aromatic carbocycles. The first-order chi connectivity index (χ1) is 21.5. The average Bonchev–Trinajstić information content (AvgIpc) is 3.45. The second-order valence-corrected chi connectivity index (χ2v) is 12.9. The molecule has 1 aromatic heterocycles. The van der Waals surface area contributed by atoms with Gasteiger partial charge in [-0.25, -0.2) is 18.6 Å². The Balaban J connectivity index is 1.41. The second-order valence-electron chi connectivity index (χ2n) is 11.2. The molecule has 0 unspecified atom stereocenters. The lowest BCUT2D eigenvalue weighted by molar-refractivity contribution is 0.0358. The number of benzene rings is 3. The van der Waals surface area contributed by atoms with Gasteiger partial charge in [-0.2, -0.15) is 0 Å². The minimum atomic E-state index is -1.27. The predicted octanol–water partition coefficient (Wildman–Crippen LogP) is 7.87. The van der Waals surface area contributed by atoms with Gasteiger partial charge in [0.1, 0.15) is 17.4 Å². The summed E-state index contributed by atoms with van der Waals surface area (Å²) in [5, 5.41) is 10.3. The topological polar surface area (TPSA) is 76.8 Å². The van der Waals surface area contributed by atoms with Gasteiger partial charge in [0.05, 0.1) is 42.3 Å². The fourth-order valence-corrected chi connectivity index (χ4v) is 6.72. The molecule has 7 nitrogen and oxygen atoms in total. The molecule has 1 saturated heterocycles. The van der Waals surface area contributed by atoms with Gasteiger partial charge in [0, 0.05) is 47.1 Å². The number of hydrogen-bond acceptors (Lipinski definition) is 6. The maximum atomic E-state index is 14.9. The van der Waals surface area contributed by atoms with E-state index in [2.05, 4.69) is 9.88 Å². The van der Waals surface area contributed by atoms with Gasteiger partial charge in [-0.15, -0.1) is 0 Å². The molecule has 238 valence electrons. The maximum Gasteiger partial charge on any atom is 0.335 e. The van der Waals surface area contributed by atoms with Crippen LogP contribution in [0.4, 0.5) is 8.78 Å². The zero-order chi connectivity index (χ0) is 32.1. The van der Waals surface area contributed by atoms with E-state index in [1.165, 1.54) is 30.0 Å². The summed E-state index contributed by atoms with van der Waals surface area (Å²) < 4.78 is 42.2. The first-order valence-corrected chi connectivity index (χ1v) is 16.2. The molecule has 0 aliphatic carbocycles. The molecule has 0 bridgehead atoms. The summed E-state index contributed by atoms with van der Waals surface area (Å²) in [4.78, 5) is 18.3. The van der Waals surface area contributed by atoms with Gasteiger partial charge in [-0.05, 0) is 60.5 Å². The molecule has 1 aliphatic heterocycles. The Morgan fingerprint density at radius 1 is 1.07 bits per heavy atom. The molecule has 12 heteroatoms. The smallest absolute Gasteiger partial charge is 0.335 e. The van der Waals surface area contributed by atoms with Gasteiger partial charge in [0.15, 0.2) is 5.16 Å². The summed E-state index contributed by atoms with van der Waals surface area (Å²) in [5.41, 5.74) is 1.70. The summed E-state index contributed by atoms with van der Waals surface area (Å²) in [5.74, 6) is -1.69. The van der Waals surface area contributed by atoms with E-state index in [4.69, 9.17) is 32.7 Å². The van der Waals surface area contributed by atoms with Gasteiger partial charge < -0.3 is 14.6 Å². The van der Waals surface area contributed by atoms with Crippen LogP contribution in [0.15, 0.2) is 66.0 Å². The van der Waals surface area contributed by atoms with Crippen LogP contribution in [0.25, 0.3) is 5.69 Å². The van der Waals surface area contributed by atoms with E-state index < -0.39 is 17.2 Å². The van der Waals surface area contributed by atoms with Gasteiger partial charge in [0.25, 0.3) is 0 Å². The van der Waals surface area contributed by atoms with Crippen LogP contribution in [0.3, 0.4) is 0 Å². The molecular formula is C33H33Cl2F2N3O4S. The Labute approximate surface area is 275 Å². The number of rotatable bonds is 12. The third kappa shape index (κ3) is 7.81. The molecule has 0 saturated carbocycles. The number of ether oxygens (including phenoxy) is 2. The Bertz CT molecular complexity index is 1640. The number of aromatic nitrogens is 2. The third-order valence-corrected chi connectivity index (χ3v) is 9.45. The standard InChI is InChI=1S/C33H33Cl2F2N3O4S/c1-33(2,22-4-9-26(34)29(18-22)44-13-3-10-39-11-14-43-15-12-39)30-19-38-32(40(30)24-7-5-23(36)6-8-24)45-20-25-27(35)16-21(31(41)42)17-28(25)37/h4-9,16-19H,3,10-15,20H2,1-2H3,(H,41,42). The second kappa shape index (κ2) is 14.5. The average molecular weight is 677 g/mol. The van der Waals surface area contributed by atoms with Crippen molar-refractivity contribution in [3.05, 3.63) is 105 Å². The van der Waals surface area contributed by atoms with E-state index in [0.29, 0.717) is 28.2 Å². The zero-order valence-corrected chi connectivity index (χ0v) is 27.2. The van der Waals surface area contributed by atoms with E-state index in [1.54, 1.807) is 18.3 Å². The minimum absolute atomic E-state index is 0.0129. The molecule has 1 aliphatic rings. The van der Waals surface area contributed by atoms with Crippen molar-refractivity contribution in [1.29, 1.82) is 0 Å². The van der Waals surface area contributed by atoms with Gasteiger partial charge in [-0.3, -0.25) is 9.47 Å². The first kappa shape index (κ1) is 33.2. The number of hydrogen-bond donors (Lipinski definition) is 1. The highest BCUT2D eigenvalue weighted by atomic mass is 35.5. The number of aromatic carboxylic acids is 1. The van der Waals surface area contributed by atoms with E-state index >= 15 is 0 Å². The highest BCUT2D eigenvalue weighted by Gasteiger charge is 2.30. The third-order valence-electron chi connectivity index (χ3n) is 7.82. The molecule has 0 spiro atoms. The van der Waals surface area contributed by atoms with Crippen LogP contribution in [0.2, 0.25) is 10.0 Å². The molecule has 1 N–H and O–H groups in total. The number of carbonyl (C=O) groups is 1. The van der Waals surface area contributed by atoms with E-state index in [-0.39, 0.29) is 27.7 Å². The first-order valence-electron chi connectivity index (χ1n) is 14.5. The van der Waals surface area contributed by atoms with Crippen molar-refractivity contribution in [2.45, 2.75) is 36.6 Å². The van der Waals surface area contributed by atoms with Crippen molar-refractivity contribution in [3.63, 3.8) is 0 Å². The van der Waals surface area contributed by atoms with Crippen molar-refractivity contribution >= 4 is 40.9 Å². The normalized spacial score (nSPS) is 14.1. The van der Waals surface area contributed by atoms with Gasteiger partial charge in [0.2, 0.25) is 0 Å². The number of nitrogens with zero attached hydrogens (tertiary/aromatic N) is 3. The van der Waals surface area contributed by atoms with Crippen LogP contribution in [0.1, 0.15) is 47.4 Å². The molecule has 0 atom stereocenters. The number of morpholine rings is 1. The summed E-state index contributed by atoms with van der Waals surface area (Å²) >= 11 is 14.0. The number of halogens is 4. The number of carboxylic acids is 1. The van der Waals surface area contributed by atoms with Gasteiger partial charge in [-0.1, -0.05) is 54.9 Å². The van der Waals surface area contributed by atoms with E-state index in [9.17, 15) is 18.7 Å². The largest absolute Gasteiger partial charge is 0.492 e. The van der Waals surface area contributed by atoms with Crippen LogP contribution in [0, 0.1) is 11.6 Å². The Kier molecular flexibility index (Phi) is 10.7. The van der Waals surface area contributed by atoms with E-state index in [0.717, 1.165) is 56.6 Å². The van der Waals surface area contributed by atoms with Crippen LogP contribution < -0.4 is 4.74 Å². The Hall–Kier alpha value is -3.15. The van der Waals surface area contributed by atoms with Crippen molar-refractivity contribution in [3.8, 4) is 11.4 Å². The monoisotopic (exact) mass is 675 g/mol. The fraction of sp³-hybridized carbons (Fsp3) is 0.333. The summed E-state index contributed by atoms with van der Waals surface area (Å²) in [7, 11) is 0. The summed E-state index contributed by atoms with van der Waals surface area (Å²) in [6, 6.07) is 13.9. The number of carboxylic acid groups (broad SMARTS) is 1. The van der Waals surface area contributed by atoms with Crippen LogP contribution >= 0.6 is 35.0 Å². The molecule has 2 heterocycles. The summed E-state index contributed by atoms with van der Waals surface area (Å²) in [6.45, 7) is 8.88. The van der Waals surface area contributed by atoms with E-state index in [1.807, 2.05) is 36.6 Å². The van der Waals surface area contributed by atoms with Crippen molar-refractivity contribution < 1.29 is 28.2 Å². The van der Waals surface area contributed by atoms with Crippen LogP contribution in [-0.2, 0) is 15.9 Å². The Morgan fingerprint density at radius 3 is 2.49 bits per heavy atom. The molecule has 45 heavy (non-hydrogen) atoms. The predicted molar refractivity (Wildman–Crippen MR) is 172 cm³/mol. The van der Waals surface area contributed by atoms with Gasteiger partial charge >= 0.3 is 5.97 Å². The highest BCUT2D eigenvalue weighted by molar-refractivity contribution is 7.98. The highest BCUT2D eigenvalue weighted by Crippen LogP contribution is 2.40. The lowest BCUT2D eigenvalue weighted by Crippen LogP contribution is -2.37. The molecule has 0 radical (unpaired) electrons. The maximum absolute atomic E-state index is 14.9. The minimum Gasteiger partial charge on any atom is -0.492 e. The van der Waals surface area contributed by atoms with Crippen molar-refractivity contribution in [1.82, 2.24) is 14.5 Å². The van der Waals surface area contributed by atoms with Crippen molar-refractivity contribution in [2.24, 2.45) is 0 Å². The number of imidazole rings is 1. The molecule has 4 aromatic rings. The lowest BCUT2D eigenvalue weighted by atomic mass is 9.81. The lowest BCUT2D eigenvalue weighted by Gasteiger charge is -2.28. The summed E-state index contributed by atoms with van der Waals surface area (Å²) in [6.07, 6.45) is 2.60. The molecule has 0 amide bonds. The quantitative estimate of drug-likeness (QED) is 0.121. The van der Waals surface area contributed by atoms with Crippen LogP contribution in [-0.4, -0.2) is 65.0 Å².